The molecule has 2 aliphatic carbocycles. The largest absolute Gasteiger partial charge is 0.481 e. The lowest BCUT2D eigenvalue weighted by atomic mass is 9.61. The predicted octanol–water partition coefficient (Wildman–Crippen LogP) is 5.45. The van der Waals surface area contributed by atoms with E-state index in [-0.39, 0.29) is 30.2 Å². The molecule has 3 N–H and O–H groups in total. The van der Waals surface area contributed by atoms with E-state index in [4.69, 9.17) is 19.6 Å². The van der Waals surface area contributed by atoms with E-state index in [1.54, 1.807) is 53.8 Å². The monoisotopic (exact) mass is 727 g/mol. The average Bonchev–Trinajstić information content (AvgIpc) is 3.61. The molecular formula is C39H41N3O7S2. The number of anilines is 1. The van der Waals surface area contributed by atoms with Gasteiger partial charge in [-0.15, -0.1) is 0 Å². The number of carbonyl (C=O) groups excluding carboxylic acids is 2. The van der Waals surface area contributed by atoms with Gasteiger partial charge in [-0.2, -0.15) is 0 Å². The van der Waals surface area contributed by atoms with Gasteiger partial charge in [-0.1, -0.05) is 51.5 Å². The third-order valence-electron chi connectivity index (χ3n) is 11.4. The molecule has 1 aromatic carbocycles. The number of ether oxygens (including phenoxy) is 2. The number of fused-ring (bicyclic) bond motifs is 6. The van der Waals surface area contributed by atoms with Crippen LogP contribution in [-0.2, 0) is 33.6 Å². The Morgan fingerprint density at radius 3 is 2.86 bits per heavy atom. The zero-order valence-electron chi connectivity index (χ0n) is 28.8. The highest BCUT2D eigenvalue weighted by Gasteiger charge is 2.64. The predicted molar refractivity (Wildman–Crippen MR) is 199 cm³/mol. The highest BCUT2D eigenvalue weighted by molar-refractivity contribution is 8.77. The second kappa shape index (κ2) is 12.9. The Bertz CT molecular complexity index is 2110. The van der Waals surface area contributed by atoms with Crippen molar-refractivity contribution in [3.05, 3.63) is 98.6 Å². The van der Waals surface area contributed by atoms with E-state index in [0.29, 0.717) is 72.2 Å². The Morgan fingerprint density at radius 1 is 1.22 bits per heavy atom. The van der Waals surface area contributed by atoms with Gasteiger partial charge in [0.15, 0.2) is 11.2 Å². The summed E-state index contributed by atoms with van der Waals surface area (Å²) in [5, 5.41) is 10.3. The van der Waals surface area contributed by atoms with E-state index in [1.165, 1.54) is 0 Å². The summed E-state index contributed by atoms with van der Waals surface area (Å²) in [6.07, 6.45) is 11.9. The number of aryl methyl sites for hydroxylation is 1. The first-order valence-electron chi connectivity index (χ1n) is 17.5. The number of rotatable bonds is 5. The lowest BCUT2D eigenvalue weighted by Crippen LogP contribution is -2.63. The van der Waals surface area contributed by atoms with E-state index < -0.39 is 28.7 Å². The normalized spacial score (nSPS) is 29.6. The smallest absolute Gasteiger partial charge is 0.339 e. The maximum absolute atomic E-state index is 14.0. The van der Waals surface area contributed by atoms with E-state index in [9.17, 15) is 19.5 Å². The summed E-state index contributed by atoms with van der Waals surface area (Å²) in [5.41, 5.74) is 8.58. The number of benzene rings is 1. The van der Waals surface area contributed by atoms with Gasteiger partial charge in [-0.3, -0.25) is 4.79 Å². The highest BCUT2D eigenvalue weighted by atomic mass is 33.1. The molecule has 8 rings (SSSR count). The van der Waals surface area contributed by atoms with Gasteiger partial charge in [0.2, 0.25) is 5.91 Å². The first-order valence-corrected chi connectivity index (χ1v) is 19.9. The van der Waals surface area contributed by atoms with Crippen LogP contribution in [0.25, 0.3) is 11.0 Å². The standard InChI is InChI=1S/C39H41N3O7S2/c1-4-21(2)36(45)49-38(3)10-9-24-20-50-51-31-8-7-23-19-42(35(23)31)33(44)14-27-18-41-32(40)15-28(27)34(24)39(38)17-26-13-25-12-22(6-5-11-43)37(46)47-29(25)16-30(26)48-39/h4,7-9,12-13,15-16,18,23,31,34-35,43H,5-6,10-11,14,17,19-20H2,1-3H3,(H2,40,41)/b21-4+/t23-,31-,34-,35+,38-,39-/m1/s1. The van der Waals surface area contributed by atoms with Crippen molar-refractivity contribution in [3.63, 3.8) is 0 Å². The van der Waals surface area contributed by atoms with Gasteiger partial charge in [0.25, 0.3) is 0 Å². The molecule has 0 unspecified atom stereocenters. The van der Waals surface area contributed by atoms with Crippen LogP contribution >= 0.6 is 21.6 Å². The van der Waals surface area contributed by atoms with Crippen LogP contribution in [0.15, 0.2) is 75.1 Å². The number of carbonyl (C=O) groups is 2. The molecule has 1 spiro atoms. The van der Waals surface area contributed by atoms with Crippen LogP contribution in [0.3, 0.4) is 0 Å². The molecular weight excluding hydrogens is 687 g/mol. The van der Waals surface area contributed by atoms with E-state index in [0.717, 1.165) is 27.6 Å². The number of pyridine rings is 1. The molecule has 0 radical (unpaired) electrons. The minimum atomic E-state index is -1.17. The molecule has 1 fully saturated rings. The number of aromatic nitrogens is 1. The first-order chi connectivity index (χ1) is 24.5. The van der Waals surface area contributed by atoms with Crippen LogP contribution in [0.5, 0.6) is 5.75 Å². The molecule has 2 aromatic heterocycles. The third kappa shape index (κ3) is 5.61. The first kappa shape index (κ1) is 34.1. The average molecular weight is 728 g/mol. The van der Waals surface area contributed by atoms with Crippen LogP contribution in [0, 0.1) is 5.92 Å². The van der Waals surface area contributed by atoms with Gasteiger partial charge < -0.3 is 29.6 Å². The second-order valence-electron chi connectivity index (χ2n) is 14.5. The minimum Gasteiger partial charge on any atom is -0.481 e. The van der Waals surface area contributed by atoms with Gasteiger partial charge in [0.05, 0.1) is 23.6 Å². The quantitative estimate of drug-likeness (QED) is 0.114. The Morgan fingerprint density at radius 2 is 2.06 bits per heavy atom. The van der Waals surface area contributed by atoms with Crippen molar-refractivity contribution in [1.29, 1.82) is 0 Å². The van der Waals surface area contributed by atoms with Gasteiger partial charge in [0, 0.05) is 66.5 Å². The maximum atomic E-state index is 14.0. The van der Waals surface area contributed by atoms with Crippen LogP contribution in [0.1, 0.15) is 61.8 Å². The summed E-state index contributed by atoms with van der Waals surface area (Å²) >= 11 is 0. The Labute approximate surface area is 303 Å². The molecule has 266 valence electrons. The fraction of sp³-hybridized carbons (Fsp3) is 0.436. The molecule has 3 aromatic rings. The van der Waals surface area contributed by atoms with Crippen molar-refractivity contribution in [2.75, 3.05) is 24.6 Å². The molecule has 51 heavy (non-hydrogen) atoms. The Kier molecular flexibility index (Phi) is 8.62. The maximum Gasteiger partial charge on any atom is 0.339 e. The molecule has 12 heteroatoms. The second-order valence-corrected chi connectivity index (χ2v) is 17.0. The summed E-state index contributed by atoms with van der Waals surface area (Å²) in [5.74, 6) is 1.06. The zero-order chi connectivity index (χ0) is 35.7. The van der Waals surface area contributed by atoms with Crippen molar-refractivity contribution in [2.24, 2.45) is 5.92 Å². The van der Waals surface area contributed by atoms with E-state index in [2.05, 4.69) is 23.2 Å². The molecule has 6 atom stereocenters. The number of allylic oxidation sites excluding steroid dienone is 1. The summed E-state index contributed by atoms with van der Waals surface area (Å²) < 4.78 is 19.5. The molecule has 10 nitrogen and oxygen atoms in total. The number of aliphatic hydroxyl groups is 1. The summed E-state index contributed by atoms with van der Waals surface area (Å²) in [4.78, 5) is 47.0. The van der Waals surface area contributed by atoms with Gasteiger partial charge in [-0.25, -0.2) is 14.6 Å². The number of hydrogen-bond donors (Lipinski definition) is 2. The molecule has 0 bridgehead atoms. The summed E-state index contributed by atoms with van der Waals surface area (Å²) in [6, 6.07) is 7.58. The van der Waals surface area contributed by atoms with Gasteiger partial charge in [0.1, 0.15) is 17.2 Å². The minimum absolute atomic E-state index is 0.0281. The van der Waals surface area contributed by atoms with Crippen LogP contribution < -0.4 is 16.1 Å². The van der Waals surface area contributed by atoms with E-state index in [1.807, 2.05) is 30.0 Å². The van der Waals surface area contributed by atoms with Crippen molar-refractivity contribution in [3.8, 4) is 5.75 Å². The third-order valence-corrected chi connectivity index (χ3v) is 14.1. The number of hydrogen-bond acceptors (Lipinski definition) is 11. The SMILES string of the molecule is C/C=C(\C)C(=O)O[C@]1(C)CC=C2CSS[C@@H]3C=C[C@@H]4CN(C(=O)Cc5cnc(N)cc5[C@@H]2[C@]12Cc1cc5cc(CCCO)c(=O)oc5cc1O2)[C@@H]43. The zero-order valence-corrected chi connectivity index (χ0v) is 30.5. The summed E-state index contributed by atoms with van der Waals surface area (Å²) in [6.45, 7) is 6.15. The molecule has 0 saturated carbocycles. The topological polar surface area (TPSA) is 145 Å². The number of nitrogens with two attached hydrogens (primary N) is 1. The molecule has 5 aliphatic rings. The Hall–Kier alpha value is -4.00. The van der Waals surface area contributed by atoms with Crippen LogP contribution in [0.4, 0.5) is 5.82 Å². The molecule has 1 amide bonds. The van der Waals surface area contributed by atoms with Gasteiger partial charge >= 0.3 is 11.6 Å². The number of nitrogen functional groups attached to an aromatic ring is 1. The lowest BCUT2D eigenvalue weighted by molar-refractivity contribution is -0.183. The molecule has 3 aliphatic heterocycles. The number of nitrogens with zero attached hydrogens (tertiary/aromatic N) is 2. The van der Waals surface area contributed by atoms with Gasteiger partial charge in [-0.05, 0) is 68.5 Å². The molecule has 5 heterocycles. The van der Waals surface area contributed by atoms with E-state index >= 15 is 0 Å². The van der Waals surface area contributed by atoms with Crippen molar-refractivity contribution < 1.29 is 28.6 Å². The van der Waals surface area contributed by atoms with Crippen molar-refractivity contribution in [2.45, 2.75) is 81.3 Å². The van der Waals surface area contributed by atoms with Crippen molar-refractivity contribution in [1.82, 2.24) is 9.88 Å². The highest BCUT2D eigenvalue weighted by Crippen LogP contribution is 2.59. The fourth-order valence-corrected chi connectivity index (χ4v) is 11.4. The lowest BCUT2D eigenvalue weighted by Gasteiger charge is -2.52. The molecule has 1 saturated heterocycles. The van der Waals surface area contributed by atoms with Crippen LogP contribution in [-0.4, -0.2) is 68.3 Å². The van der Waals surface area contributed by atoms with Crippen LogP contribution in [0.2, 0.25) is 0 Å². The Balaban J connectivity index is 1.30. The number of aliphatic hydroxyl groups excluding tert-OH is 1. The summed E-state index contributed by atoms with van der Waals surface area (Å²) in [7, 11) is 3.56. The number of esters is 1. The van der Waals surface area contributed by atoms with Crippen molar-refractivity contribution >= 4 is 50.3 Å². The number of amides is 1. The fourth-order valence-electron chi connectivity index (χ4n) is 8.48.